The van der Waals surface area contributed by atoms with Crippen LogP contribution in [-0.4, -0.2) is 85.6 Å². The highest BCUT2D eigenvalue weighted by Gasteiger charge is 2.39. The van der Waals surface area contributed by atoms with Gasteiger partial charge >= 0.3 is 0 Å². The Morgan fingerprint density at radius 1 is 1.14 bits per heavy atom. The Hall–Kier alpha value is -2.79. The number of thioether (sulfide) groups is 1. The number of hydrogen-bond donors (Lipinski definition) is 1. The largest absolute Gasteiger partial charge is 0.497 e. The van der Waals surface area contributed by atoms with Gasteiger partial charge in [-0.05, 0) is 42.8 Å². The number of aliphatic imine (C=N–C) groups is 1. The molecule has 0 spiro atoms. The molecular formula is C26H31ClN4O5S. The molecule has 198 valence electrons. The lowest BCUT2D eigenvalue weighted by Crippen LogP contribution is -2.39. The summed E-state index contributed by atoms with van der Waals surface area (Å²) in [7, 11) is 3.08. The maximum atomic E-state index is 13.4. The van der Waals surface area contributed by atoms with Gasteiger partial charge < -0.3 is 19.5 Å². The van der Waals surface area contributed by atoms with Gasteiger partial charge in [-0.2, -0.15) is 0 Å². The summed E-state index contributed by atoms with van der Waals surface area (Å²) in [5.41, 5.74) is 1.18. The molecule has 1 N–H and O–H groups in total. The molecule has 37 heavy (non-hydrogen) atoms. The van der Waals surface area contributed by atoms with E-state index in [0.717, 1.165) is 39.3 Å². The Morgan fingerprint density at radius 3 is 2.59 bits per heavy atom. The van der Waals surface area contributed by atoms with Gasteiger partial charge in [-0.25, -0.2) is 4.99 Å². The number of nitrogens with one attached hydrogen (secondary N) is 1. The average Bonchev–Trinajstić information content (AvgIpc) is 3.19. The molecule has 2 aromatic carbocycles. The molecule has 0 unspecified atom stereocenters. The van der Waals surface area contributed by atoms with Crippen LogP contribution in [0.15, 0.2) is 47.5 Å². The summed E-state index contributed by atoms with van der Waals surface area (Å²) in [5, 5.41) is 3.48. The van der Waals surface area contributed by atoms with Crippen molar-refractivity contribution in [2.75, 3.05) is 58.9 Å². The van der Waals surface area contributed by atoms with Gasteiger partial charge in [-0.1, -0.05) is 23.4 Å². The number of benzene rings is 2. The highest BCUT2D eigenvalue weighted by Crippen LogP contribution is 2.33. The first-order valence-electron chi connectivity index (χ1n) is 12.1. The van der Waals surface area contributed by atoms with Crippen LogP contribution in [0.2, 0.25) is 5.02 Å². The number of hydrogen-bond acceptors (Lipinski definition) is 8. The summed E-state index contributed by atoms with van der Waals surface area (Å²) in [5.74, 6) is 0.686. The van der Waals surface area contributed by atoms with E-state index < -0.39 is 5.25 Å². The van der Waals surface area contributed by atoms with E-state index in [-0.39, 0.29) is 18.2 Å². The van der Waals surface area contributed by atoms with Crippen LogP contribution in [0.3, 0.4) is 0 Å². The van der Waals surface area contributed by atoms with Crippen molar-refractivity contribution in [1.82, 2.24) is 9.80 Å². The third-order valence-corrected chi connectivity index (χ3v) is 7.51. The summed E-state index contributed by atoms with van der Waals surface area (Å²) < 4.78 is 16.0. The maximum absolute atomic E-state index is 13.4. The van der Waals surface area contributed by atoms with Crippen LogP contribution in [0.5, 0.6) is 11.5 Å². The minimum absolute atomic E-state index is 0.00344. The second-order valence-corrected chi connectivity index (χ2v) is 10.2. The molecule has 2 heterocycles. The van der Waals surface area contributed by atoms with Gasteiger partial charge in [0.1, 0.15) is 16.7 Å². The van der Waals surface area contributed by atoms with Crippen LogP contribution in [0, 0.1) is 0 Å². The fourth-order valence-electron chi connectivity index (χ4n) is 4.12. The third-order valence-electron chi connectivity index (χ3n) is 6.08. The first-order chi connectivity index (χ1) is 18.0. The Bertz CT molecular complexity index is 1120. The maximum Gasteiger partial charge on any atom is 0.242 e. The lowest BCUT2D eigenvalue weighted by atomic mass is 10.2. The molecule has 0 bridgehead atoms. The van der Waals surface area contributed by atoms with Crippen molar-refractivity contribution in [1.29, 1.82) is 0 Å². The van der Waals surface area contributed by atoms with Crippen molar-refractivity contribution in [3.63, 3.8) is 0 Å². The van der Waals surface area contributed by atoms with Crippen LogP contribution in [-0.2, 0) is 14.3 Å². The molecule has 0 aromatic heterocycles. The average molecular weight is 547 g/mol. The van der Waals surface area contributed by atoms with Crippen molar-refractivity contribution < 1.29 is 23.8 Å². The van der Waals surface area contributed by atoms with E-state index in [0.29, 0.717) is 39.6 Å². The molecule has 1 atom stereocenters. The molecule has 0 saturated carbocycles. The molecule has 0 aliphatic carbocycles. The predicted octanol–water partition coefficient (Wildman–Crippen LogP) is 4.04. The van der Waals surface area contributed by atoms with Gasteiger partial charge in [0.05, 0.1) is 38.8 Å². The van der Waals surface area contributed by atoms with Crippen LogP contribution in [0.1, 0.15) is 12.8 Å². The number of carbonyl (C=O) groups excluding carboxylic acids is 2. The quantitative estimate of drug-likeness (QED) is 0.481. The molecule has 2 aliphatic rings. The molecule has 2 fully saturated rings. The minimum atomic E-state index is -0.578. The number of methoxy groups -OCH3 is 2. The zero-order chi connectivity index (χ0) is 26.2. The van der Waals surface area contributed by atoms with E-state index in [1.807, 2.05) is 0 Å². The van der Waals surface area contributed by atoms with Gasteiger partial charge in [0, 0.05) is 43.7 Å². The molecule has 2 aliphatic heterocycles. The second kappa shape index (κ2) is 13.1. The van der Waals surface area contributed by atoms with Crippen molar-refractivity contribution in [2.45, 2.75) is 18.1 Å². The molecule has 9 nitrogen and oxygen atoms in total. The SMILES string of the molecule is COc1ccc(OC)c(NC(=O)C[C@@H]2SC(=Nc3ccc(Cl)cc3)N(CCCN3CCOCC3)C2=O)c1. The standard InChI is InChI=1S/C26H31ClN4O5S/c1-34-20-8-9-22(35-2)21(16-20)29-24(32)17-23-25(33)31(11-3-10-30-12-14-36-15-13-30)26(37-23)28-19-6-4-18(27)5-7-19/h4-9,16,23H,3,10-15,17H2,1-2H3,(H,29,32)/t23-/m0/s1. The first-order valence-corrected chi connectivity index (χ1v) is 13.4. The van der Waals surface area contributed by atoms with Crippen LogP contribution >= 0.6 is 23.4 Å². The normalized spacial score (nSPS) is 19.3. The lowest BCUT2D eigenvalue weighted by molar-refractivity contribution is -0.128. The summed E-state index contributed by atoms with van der Waals surface area (Å²) in [6.45, 7) is 4.65. The molecule has 2 amide bonds. The van der Waals surface area contributed by atoms with E-state index in [4.69, 9.17) is 30.8 Å². The molecule has 11 heteroatoms. The predicted molar refractivity (Wildman–Crippen MR) is 146 cm³/mol. The van der Waals surface area contributed by atoms with Crippen LogP contribution in [0.4, 0.5) is 11.4 Å². The second-order valence-electron chi connectivity index (χ2n) is 8.59. The number of amidine groups is 1. The molecule has 0 radical (unpaired) electrons. The van der Waals surface area contributed by atoms with Crippen molar-refractivity contribution in [3.8, 4) is 11.5 Å². The number of carbonyl (C=O) groups is 2. The van der Waals surface area contributed by atoms with E-state index in [1.165, 1.54) is 18.9 Å². The molecule has 2 saturated heterocycles. The molecule has 4 rings (SSSR count). The fourth-order valence-corrected chi connectivity index (χ4v) is 5.43. The van der Waals surface area contributed by atoms with Gasteiger partial charge in [0.15, 0.2) is 5.17 Å². The zero-order valence-electron chi connectivity index (χ0n) is 20.9. The third kappa shape index (κ3) is 7.38. The van der Waals surface area contributed by atoms with E-state index in [9.17, 15) is 9.59 Å². The number of morpholine rings is 1. The summed E-state index contributed by atoms with van der Waals surface area (Å²) >= 11 is 7.33. The Morgan fingerprint density at radius 2 is 1.89 bits per heavy atom. The highest BCUT2D eigenvalue weighted by molar-refractivity contribution is 8.15. The number of ether oxygens (including phenoxy) is 3. The van der Waals surface area contributed by atoms with Gasteiger partial charge in [0.2, 0.25) is 11.8 Å². The molecular weight excluding hydrogens is 516 g/mol. The Labute approximate surface area is 226 Å². The zero-order valence-corrected chi connectivity index (χ0v) is 22.5. The summed E-state index contributed by atoms with van der Waals surface area (Å²) in [6.07, 6.45) is 0.801. The summed E-state index contributed by atoms with van der Waals surface area (Å²) in [4.78, 5) is 35.1. The Kier molecular flexibility index (Phi) is 9.68. The highest BCUT2D eigenvalue weighted by atomic mass is 35.5. The van der Waals surface area contributed by atoms with Crippen LogP contribution < -0.4 is 14.8 Å². The number of nitrogens with zero attached hydrogens (tertiary/aromatic N) is 3. The van der Waals surface area contributed by atoms with Gasteiger partial charge in [0.25, 0.3) is 0 Å². The van der Waals surface area contributed by atoms with Crippen molar-refractivity contribution in [3.05, 3.63) is 47.5 Å². The monoisotopic (exact) mass is 546 g/mol. The molecule has 2 aromatic rings. The minimum Gasteiger partial charge on any atom is -0.497 e. The van der Waals surface area contributed by atoms with E-state index in [1.54, 1.807) is 54.5 Å². The topological polar surface area (TPSA) is 92.7 Å². The van der Waals surface area contributed by atoms with Crippen molar-refractivity contribution in [2.24, 2.45) is 4.99 Å². The first kappa shape index (κ1) is 27.3. The Balaban J connectivity index is 1.45. The van der Waals surface area contributed by atoms with Gasteiger partial charge in [-0.3, -0.25) is 19.4 Å². The summed E-state index contributed by atoms with van der Waals surface area (Å²) in [6, 6.07) is 12.3. The smallest absolute Gasteiger partial charge is 0.242 e. The van der Waals surface area contributed by atoms with E-state index >= 15 is 0 Å². The number of amides is 2. The fraction of sp³-hybridized carbons (Fsp3) is 0.423. The number of anilines is 1. The van der Waals surface area contributed by atoms with Gasteiger partial charge in [-0.15, -0.1) is 0 Å². The number of rotatable bonds is 10. The van der Waals surface area contributed by atoms with Crippen LogP contribution in [0.25, 0.3) is 0 Å². The lowest BCUT2D eigenvalue weighted by Gasteiger charge is -2.27. The number of halogens is 1. The van der Waals surface area contributed by atoms with E-state index in [2.05, 4.69) is 10.2 Å². The van der Waals surface area contributed by atoms with Crippen molar-refractivity contribution >= 4 is 51.7 Å².